The first-order valence-electron chi connectivity index (χ1n) is 6.74. The molecular weight excluding hydrogens is 340 g/mol. The molecule has 0 spiro atoms. The smallest absolute Gasteiger partial charge is 0.173 e. The zero-order valence-electron chi connectivity index (χ0n) is 12.1. The molecule has 6 heteroatoms. The van der Waals surface area contributed by atoms with Crippen molar-refractivity contribution in [1.82, 2.24) is 9.97 Å². The topological polar surface area (TPSA) is 37.8 Å². The van der Waals surface area contributed by atoms with Crippen molar-refractivity contribution >= 4 is 21.7 Å². The Hall–Kier alpha value is -1.56. The molecule has 21 heavy (non-hydrogen) atoms. The van der Waals surface area contributed by atoms with Crippen molar-refractivity contribution in [2.75, 3.05) is 11.9 Å². The predicted molar refractivity (Wildman–Crippen MR) is 83.4 cm³/mol. The minimum Gasteiger partial charge on any atom is -0.370 e. The normalized spacial score (nSPS) is 10.8. The molecule has 0 atom stereocenters. The van der Waals surface area contributed by atoms with Crippen molar-refractivity contribution in [3.05, 3.63) is 39.5 Å². The SMILES string of the molecule is CCNc1nc(-c2ccc(F)c(F)c2Br)nc(C)c1CC. The van der Waals surface area contributed by atoms with E-state index in [1.807, 2.05) is 20.8 Å². The van der Waals surface area contributed by atoms with Gasteiger partial charge in [0.25, 0.3) is 0 Å². The van der Waals surface area contributed by atoms with Crippen molar-refractivity contribution in [3.8, 4) is 11.4 Å². The highest BCUT2D eigenvalue weighted by atomic mass is 79.9. The number of anilines is 1. The van der Waals surface area contributed by atoms with Gasteiger partial charge in [-0.15, -0.1) is 0 Å². The average molecular weight is 356 g/mol. The minimum atomic E-state index is -0.932. The third-order valence-corrected chi connectivity index (χ3v) is 3.96. The van der Waals surface area contributed by atoms with Gasteiger partial charge in [-0.3, -0.25) is 0 Å². The van der Waals surface area contributed by atoms with E-state index >= 15 is 0 Å². The summed E-state index contributed by atoms with van der Waals surface area (Å²) < 4.78 is 26.9. The van der Waals surface area contributed by atoms with E-state index in [0.29, 0.717) is 11.4 Å². The molecule has 0 fully saturated rings. The van der Waals surface area contributed by atoms with E-state index in [1.54, 1.807) is 0 Å². The van der Waals surface area contributed by atoms with Crippen molar-refractivity contribution in [2.24, 2.45) is 0 Å². The van der Waals surface area contributed by atoms with E-state index < -0.39 is 11.6 Å². The summed E-state index contributed by atoms with van der Waals surface area (Å²) >= 11 is 3.08. The zero-order chi connectivity index (χ0) is 15.6. The van der Waals surface area contributed by atoms with E-state index in [2.05, 4.69) is 31.2 Å². The van der Waals surface area contributed by atoms with E-state index in [4.69, 9.17) is 0 Å². The van der Waals surface area contributed by atoms with E-state index in [0.717, 1.165) is 36.1 Å². The van der Waals surface area contributed by atoms with Gasteiger partial charge in [0, 0.05) is 23.4 Å². The van der Waals surface area contributed by atoms with Crippen LogP contribution in [-0.4, -0.2) is 16.5 Å². The van der Waals surface area contributed by atoms with Crippen molar-refractivity contribution < 1.29 is 8.78 Å². The maximum Gasteiger partial charge on any atom is 0.173 e. The van der Waals surface area contributed by atoms with Gasteiger partial charge in [-0.1, -0.05) is 6.92 Å². The second-order valence-corrected chi connectivity index (χ2v) is 5.36. The van der Waals surface area contributed by atoms with Crippen molar-refractivity contribution in [2.45, 2.75) is 27.2 Å². The molecule has 0 aliphatic carbocycles. The number of aromatic nitrogens is 2. The standard InChI is InChI=1S/C15H16BrF2N3/c1-4-9-8(3)20-15(21-14(9)19-5-2)10-6-7-11(17)13(18)12(10)16/h6-7H,4-5H2,1-3H3,(H,19,20,21). The molecule has 1 N–H and O–H groups in total. The predicted octanol–water partition coefficient (Wildman–Crippen LogP) is 4.49. The summed E-state index contributed by atoms with van der Waals surface area (Å²) in [5, 5.41) is 3.19. The Kier molecular flexibility index (Phi) is 4.88. The number of nitrogens with one attached hydrogen (secondary N) is 1. The van der Waals surface area contributed by atoms with Crippen LogP contribution in [0.15, 0.2) is 16.6 Å². The van der Waals surface area contributed by atoms with Gasteiger partial charge in [0.1, 0.15) is 5.82 Å². The Balaban J connectivity index is 2.62. The van der Waals surface area contributed by atoms with Crippen LogP contribution in [0.25, 0.3) is 11.4 Å². The summed E-state index contributed by atoms with van der Waals surface area (Å²) in [4.78, 5) is 8.87. The van der Waals surface area contributed by atoms with Crippen LogP contribution in [-0.2, 0) is 6.42 Å². The Labute approximate surface area is 131 Å². The van der Waals surface area contributed by atoms with Crippen LogP contribution >= 0.6 is 15.9 Å². The number of aryl methyl sites for hydroxylation is 1. The summed E-state index contributed by atoms with van der Waals surface area (Å²) in [5.41, 5.74) is 2.29. The fourth-order valence-corrected chi connectivity index (χ4v) is 2.65. The maximum absolute atomic E-state index is 13.7. The maximum atomic E-state index is 13.7. The van der Waals surface area contributed by atoms with Gasteiger partial charge in [-0.05, 0) is 48.3 Å². The van der Waals surface area contributed by atoms with Crippen molar-refractivity contribution in [1.29, 1.82) is 0 Å². The molecule has 0 unspecified atom stereocenters. The molecule has 1 aromatic heterocycles. The van der Waals surface area contributed by atoms with Gasteiger partial charge in [-0.25, -0.2) is 18.7 Å². The minimum absolute atomic E-state index is 0.0357. The van der Waals surface area contributed by atoms with Gasteiger partial charge in [0.05, 0.1) is 4.47 Å². The highest BCUT2D eigenvalue weighted by molar-refractivity contribution is 9.10. The molecule has 0 aliphatic heterocycles. The molecular formula is C15H16BrF2N3. The first-order valence-corrected chi connectivity index (χ1v) is 7.54. The molecule has 0 aliphatic rings. The zero-order valence-corrected chi connectivity index (χ0v) is 13.7. The van der Waals surface area contributed by atoms with E-state index in [-0.39, 0.29) is 4.47 Å². The molecule has 0 bridgehead atoms. The molecule has 3 nitrogen and oxygen atoms in total. The highest BCUT2D eigenvalue weighted by Gasteiger charge is 2.17. The largest absolute Gasteiger partial charge is 0.370 e. The molecule has 2 rings (SSSR count). The average Bonchev–Trinajstić information content (AvgIpc) is 2.45. The van der Waals surface area contributed by atoms with Crippen molar-refractivity contribution in [3.63, 3.8) is 0 Å². The number of benzene rings is 1. The third-order valence-electron chi connectivity index (χ3n) is 3.19. The number of hydrogen-bond donors (Lipinski definition) is 1. The molecule has 2 aromatic rings. The van der Waals surface area contributed by atoms with Crippen LogP contribution < -0.4 is 5.32 Å². The molecule has 1 heterocycles. The van der Waals surface area contributed by atoms with Crippen LogP contribution in [0.4, 0.5) is 14.6 Å². The second kappa shape index (κ2) is 6.47. The second-order valence-electron chi connectivity index (χ2n) is 4.57. The van der Waals surface area contributed by atoms with Crippen LogP contribution in [0, 0.1) is 18.6 Å². The summed E-state index contributed by atoms with van der Waals surface area (Å²) in [6.07, 6.45) is 0.799. The lowest BCUT2D eigenvalue weighted by Gasteiger charge is -2.13. The lowest BCUT2D eigenvalue weighted by molar-refractivity contribution is 0.504. The van der Waals surface area contributed by atoms with E-state index in [1.165, 1.54) is 6.07 Å². The highest BCUT2D eigenvalue weighted by Crippen LogP contribution is 2.31. The summed E-state index contributed by atoms with van der Waals surface area (Å²) in [6.45, 7) is 6.62. The van der Waals surface area contributed by atoms with Gasteiger partial charge in [-0.2, -0.15) is 0 Å². The van der Waals surface area contributed by atoms with Crippen LogP contribution in [0.5, 0.6) is 0 Å². The van der Waals surface area contributed by atoms with Crippen LogP contribution in [0.3, 0.4) is 0 Å². The Bertz CT molecular complexity index is 674. The summed E-state index contributed by atoms with van der Waals surface area (Å²) in [7, 11) is 0. The number of rotatable bonds is 4. The molecule has 0 radical (unpaired) electrons. The number of nitrogens with zero attached hydrogens (tertiary/aromatic N) is 2. The molecule has 0 amide bonds. The first-order chi connectivity index (χ1) is 9.99. The molecule has 0 saturated heterocycles. The fraction of sp³-hybridized carbons (Fsp3) is 0.333. The lowest BCUT2D eigenvalue weighted by atomic mass is 10.1. The summed E-state index contributed by atoms with van der Waals surface area (Å²) in [5.74, 6) is -0.733. The monoisotopic (exact) mass is 355 g/mol. The third kappa shape index (κ3) is 3.05. The Morgan fingerprint density at radius 2 is 1.90 bits per heavy atom. The lowest BCUT2D eigenvalue weighted by Crippen LogP contribution is -2.08. The van der Waals surface area contributed by atoms with Gasteiger partial charge >= 0.3 is 0 Å². The van der Waals surface area contributed by atoms with Gasteiger partial charge in [0.15, 0.2) is 17.5 Å². The Morgan fingerprint density at radius 1 is 1.19 bits per heavy atom. The number of hydrogen-bond acceptors (Lipinski definition) is 3. The first kappa shape index (κ1) is 15.8. The van der Waals surface area contributed by atoms with Crippen LogP contribution in [0.1, 0.15) is 25.1 Å². The molecule has 0 saturated carbocycles. The molecule has 1 aromatic carbocycles. The van der Waals surface area contributed by atoms with Crippen LogP contribution in [0.2, 0.25) is 0 Å². The van der Waals surface area contributed by atoms with E-state index in [9.17, 15) is 8.78 Å². The quantitative estimate of drug-likeness (QED) is 0.821. The number of halogens is 3. The molecule has 112 valence electrons. The fourth-order valence-electron chi connectivity index (χ4n) is 2.15. The summed E-state index contributed by atoms with van der Waals surface area (Å²) in [6, 6.07) is 2.55. The van der Waals surface area contributed by atoms with Gasteiger partial charge in [0.2, 0.25) is 0 Å². The Morgan fingerprint density at radius 3 is 2.52 bits per heavy atom. The van der Waals surface area contributed by atoms with Gasteiger partial charge < -0.3 is 5.32 Å².